The summed E-state index contributed by atoms with van der Waals surface area (Å²) in [6.45, 7) is 8.31. The molecule has 0 aliphatic rings. The Bertz CT molecular complexity index is 236. The van der Waals surface area contributed by atoms with Crippen molar-refractivity contribution in [1.29, 1.82) is 0 Å². The van der Waals surface area contributed by atoms with E-state index in [1.807, 2.05) is 6.07 Å². The van der Waals surface area contributed by atoms with Gasteiger partial charge in [-0.1, -0.05) is 25.8 Å². The number of benzene rings is 1. The number of hydrogen-bond donors (Lipinski definition) is 0. The number of halogens is 2. The van der Waals surface area contributed by atoms with E-state index in [9.17, 15) is 0 Å². The van der Waals surface area contributed by atoms with Crippen LogP contribution in [0.2, 0.25) is 0 Å². The molecule has 0 N–H and O–H groups in total. The molecule has 0 atom stereocenters. The normalized spacial score (nSPS) is 9.62. The predicted octanol–water partition coefficient (Wildman–Crippen LogP) is 4.37. The van der Waals surface area contributed by atoms with Gasteiger partial charge in [0.05, 0.1) is 0 Å². The van der Waals surface area contributed by atoms with Crippen LogP contribution >= 0.6 is 19.4 Å². The average molecular weight is 305 g/mol. The molecule has 0 saturated heterocycles. The summed E-state index contributed by atoms with van der Waals surface area (Å²) < 4.78 is 0. The maximum atomic E-state index is 4.85. The molecular formula is C10H13Cl2Ru-. The third-order valence-electron chi connectivity index (χ3n) is 1.68. The molecule has 0 saturated carbocycles. The molecule has 0 heterocycles. The molecule has 13 heavy (non-hydrogen) atoms. The second-order valence-electron chi connectivity index (χ2n) is 2.90. The summed E-state index contributed by atoms with van der Waals surface area (Å²) in [6, 6.07) is 8.26. The summed E-state index contributed by atoms with van der Waals surface area (Å²) in [7, 11) is 9.71. The molecule has 3 heteroatoms. The third-order valence-corrected chi connectivity index (χ3v) is 1.68. The summed E-state index contributed by atoms with van der Waals surface area (Å²) in [5.41, 5.74) is 2.50. The molecule has 0 aliphatic carbocycles. The van der Waals surface area contributed by atoms with Gasteiger partial charge in [0.25, 0.3) is 0 Å². The molecule has 0 radical (unpaired) electrons. The summed E-state index contributed by atoms with van der Waals surface area (Å²) in [6.07, 6.45) is 0. The van der Waals surface area contributed by atoms with Crippen LogP contribution in [0, 0.1) is 6.92 Å². The van der Waals surface area contributed by atoms with Crippen LogP contribution < -0.4 is 0 Å². The molecule has 1 aromatic rings. The van der Waals surface area contributed by atoms with Crippen molar-refractivity contribution in [2.24, 2.45) is 0 Å². The van der Waals surface area contributed by atoms with Gasteiger partial charge in [0.15, 0.2) is 0 Å². The fourth-order valence-corrected chi connectivity index (χ4v) is 1.10. The first-order chi connectivity index (χ1) is 6.13. The first kappa shape index (κ1) is 13.3. The van der Waals surface area contributed by atoms with Crippen molar-refractivity contribution in [3.8, 4) is 0 Å². The van der Waals surface area contributed by atoms with Crippen molar-refractivity contribution in [1.82, 2.24) is 0 Å². The van der Waals surface area contributed by atoms with Gasteiger partial charge in [0, 0.05) is 0 Å². The molecule has 0 fully saturated rings. The van der Waals surface area contributed by atoms with E-state index in [1.54, 1.807) is 0 Å². The van der Waals surface area contributed by atoms with Crippen molar-refractivity contribution in [2.45, 2.75) is 19.8 Å². The first-order valence-electron chi connectivity index (χ1n) is 3.89. The van der Waals surface area contributed by atoms with E-state index in [1.165, 1.54) is 5.56 Å². The molecule has 0 spiro atoms. The summed E-state index contributed by atoms with van der Waals surface area (Å²) >= 11 is -0.346. The Labute approximate surface area is 96.3 Å². The summed E-state index contributed by atoms with van der Waals surface area (Å²) in [4.78, 5) is 0. The van der Waals surface area contributed by atoms with Crippen LogP contribution in [-0.2, 0) is 15.1 Å². The van der Waals surface area contributed by atoms with Crippen LogP contribution in [0.4, 0.5) is 0 Å². The number of hydrogen-bond acceptors (Lipinski definition) is 0. The fraction of sp³-hybridized carbons (Fsp3) is 0.300. The molecule has 0 bridgehead atoms. The van der Waals surface area contributed by atoms with Crippen LogP contribution in [0.5, 0.6) is 0 Å². The van der Waals surface area contributed by atoms with Gasteiger partial charge >= 0.3 is 34.5 Å². The molecule has 76 valence electrons. The van der Waals surface area contributed by atoms with Gasteiger partial charge in [-0.3, -0.25) is 0 Å². The maximum absolute atomic E-state index is 4.85. The van der Waals surface area contributed by atoms with E-state index in [4.69, 9.17) is 19.4 Å². The second kappa shape index (κ2) is 7.67. The SMILES string of the molecule is [CH2-]c1ccccc1C(C)C.[Cl][Ru][Cl]. The average Bonchev–Trinajstić information content (AvgIpc) is 2.06. The zero-order chi connectivity index (χ0) is 10.3. The third kappa shape index (κ3) is 5.57. The Kier molecular flexibility index (Phi) is 7.85. The van der Waals surface area contributed by atoms with Gasteiger partial charge in [0.1, 0.15) is 0 Å². The first-order valence-corrected chi connectivity index (χ1v) is 8.37. The fourth-order valence-electron chi connectivity index (χ4n) is 1.10. The van der Waals surface area contributed by atoms with Gasteiger partial charge in [-0.15, -0.1) is 17.7 Å². The summed E-state index contributed by atoms with van der Waals surface area (Å²) in [5.74, 6) is 0.591. The van der Waals surface area contributed by atoms with Crippen molar-refractivity contribution < 1.29 is 15.1 Å². The second-order valence-corrected chi connectivity index (χ2v) is 5.54. The standard InChI is InChI=1S/C10H13.2ClH.Ru/c1-8(2)10-7-5-4-6-9(10)3;;;/h4-8H,3H2,1-2H3;2*1H;/q-1;;;+2/p-2. The molecule has 1 aromatic carbocycles. The quantitative estimate of drug-likeness (QED) is 0.534. The molecule has 0 aromatic heterocycles. The zero-order valence-electron chi connectivity index (χ0n) is 7.70. The van der Waals surface area contributed by atoms with E-state index in [2.05, 4.69) is 39.0 Å². The van der Waals surface area contributed by atoms with Crippen LogP contribution in [0.3, 0.4) is 0 Å². The molecule has 0 amide bonds. The van der Waals surface area contributed by atoms with E-state index < -0.39 is 0 Å². The van der Waals surface area contributed by atoms with Crippen molar-refractivity contribution >= 4 is 19.4 Å². The molecule has 0 unspecified atom stereocenters. The van der Waals surface area contributed by atoms with Crippen molar-refractivity contribution in [2.75, 3.05) is 0 Å². The van der Waals surface area contributed by atoms with E-state index in [0.29, 0.717) is 5.92 Å². The Morgan fingerprint density at radius 1 is 1.23 bits per heavy atom. The van der Waals surface area contributed by atoms with Gasteiger partial charge < -0.3 is 0 Å². The Balaban J connectivity index is 0.000000424. The monoisotopic (exact) mass is 305 g/mol. The van der Waals surface area contributed by atoms with E-state index in [0.717, 1.165) is 5.56 Å². The van der Waals surface area contributed by atoms with Crippen LogP contribution in [0.1, 0.15) is 30.9 Å². The Morgan fingerprint density at radius 2 is 1.69 bits per heavy atom. The number of rotatable bonds is 1. The van der Waals surface area contributed by atoms with Gasteiger partial charge in [-0.05, 0) is 0 Å². The zero-order valence-corrected chi connectivity index (χ0v) is 11.0. The van der Waals surface area contributed by atoms with E-state index in [-0.39, 0.29) is 15.1 Å². The Morgan fingerprint density at radius 3 is 2.00 bits per heavy atom. The molecule has 0 aliphatic heterocycles. The van der Waals surface area contributed by atoms with E-state index >= 15 is 0 Å². The van der Waals surface area contributed by atoms with Gasteiger partial charge in [-0.2, -0.15) is 18.6 Å². The summed E-state index contributed by atoms with van der Waals surface area (Å²) in [5, 5.41) is 0. The minimum atomic E-state index is -0.346. The Hall–Kier alpha value is 0.293. The molecule has 0 nitrogen and oxygen atoms in total. The van der Waals surface area contributed by atoms with Crippen LogP contribution in [0.15, 0.2) is 24.3 Å². The van der Waals surface area contributed by atoms with Crippen molar-refractivity contribution in [3.63, 3.8) is 0 Å². The van der Waals surface area contributed by atoms with Crippen LogP contribution in [-0.4, -0.2) is 0 Å². The van der Waals surface area contributed by atoms with Crippen molar-refractivity contribution in [3.05, 3.63) is 42.3 Å². The molecule has 1 rings (SSSR count). The van der Waals surface area contributed by atoms with Crippen LogP contribution in [0.25, 0.3) is 0 Å². The van der Waals surface area contributed by atoms with Gasteiger partial charge in [-0.25, -0.2) is 0 Å². The topological polar surface area (TPSA) is 0 Å². The minimum absolute atomic E-state index is 0.346. The van der Waals surface area contributed by atoms with Gasteiger partial charge in [0.2, 0.25) is 0 Å². The predicted molar refractivity (Wildman–Crippen MR) is 56.7 cm³/mol. The molecular weight excluding hydrogens is 292 g/mol.